The van der Waals surface area contributed by atoms with Crippen LogP contribution in [0.3, 0.4) is 0 Å². The second kappa shape index (κ2) is 9.68. The lowest BCUT2D eigenvalue weighted by atomic mass is 9.43. The molecule has 0 bridgehead atoms. The van der Waals surface area contributed by atoms with Gasteiger partial charge in [0.2, 0.25) is 0 Å². The molecule has 4 aliphatic carbocycles. The first-order valence-electron chi connectivity index (χ1n) is 14.7. The Balaban J connectivity index is 1.20. The van der Waals surface area contributed by atoms with Crippen molar-refractivity contribution in [3.05, 3.63) is 18.2 Å². The van der Waals surface area contributed by atoms with E-state index < -0.39 is 12.0 Å². The third kappa shape index (κ3) is 4.63. The molecule has 0 radical (unpaired) electrons. The molecule has 10 heteroatoms. The zero-order valence-corrected chi connectivity index (χ0v) is 23.5. The van der Waals surface area contributed by atoms with E-state index in [1.54, 1.807) is 7.11 Å². The Bertz CT molecular complexity index is 1280. The molecule has 4 saturated carbocycles. The van der Waals surface area contributed by atoms with Gasteiger partial charge in [-0.25, -0.2) is 4.68 Å². The van der Waals surface area contributed by atoms with Gasteiger partial charge in [-0.3, -0.25) is 4.79 Å². The fourth-order valence-corrected chi connectivity index (χ4v) is 9.84. The van der Waals surface area contributed by atoms with E-state index in [9.17, 15) is 23.1 Å². The molecule has 0 amide bonds. The summed E-state index contributed by atoms with van der Waals surface area (Å²) in [6, 6.07) is 3.90. The minimum Gasteiger partial charge on any atom is -0.406 e. The van der Waals surface area contributed by atoms with Crippen molar-refractivity contribution in [3.8, 4) is 5.75 Å². The number of ketones is 1. The van der Waals surface area contributed by atoms with Gasteiger partial charge in [-0.1, -0.05) is 12.1 Å². The van der Waals surface area contributed by atoms with Crippen molar-refractivity contribution in [3.63, 3.8) is 0 Å². The molecule has 8 unspecified atom stereocenters. The van der Waals surface area contributed by atoms with E-state index in [2.05, 4.69) is 22.0 Å². The largest absolute Gasteiger partial charge is 0.573 e. The number of hydrogen-bond donors (Lipinski definition) is 1. The highest BCUT2D eigenvalue weighted by Gasteiger charge is 2.63. The van der Waals surface area contributed by atoms with Crippen LogP contribution < -0.4 is 4.74 Å². The van der Waals surface area contributed by atoms with E-state index in [0.717, 1.165) is 64.4 Å². The van der Waals surface area contributed by atoms with E-state index in [0.29, 0.717) is 29.2 Å². The maximum Gasteiger partial charge on any atom is 0.573 e. The Kier molecular flexibility index (Phi) is 6.76. The van der Waals surface area contributed by atoms with Crippen molar-refractivity contribution in [2.45, 2.75) is 90.1 Å². The molecule has 40 heavy (non-hydrogen) atoms. The Morgan fingerprint density at radius 3 is 2.65 bits per heavy atom. The van der Waals surface area contributed by atoms with Gasteiger partial charge in [0.05, 0.1) is 17.7 Å². The van der Waals surface area contributed by atoms with Crippen LogP contribution in [0.4, 0.5) is 13.2 Å². The molecule has 0 aliphatic heterocycles. The quantitative estimate of drug-likeness (QED) is 0.469. The van der Waals surface area contributed by atoms with Crippen LogP contribution in [0, 0.1) is 40.4 Å². The van der Waals surface area contributed by atoms with Crippen LogP contribution in [0.1, 0.15) is 71.6 Å². The minimum absolute atomic E-state index is 0.0574. The first kappa shape index (κ1) is 27.9. The van der Waals surface area contributed by atoms with E-state index in [1.165, 1.54) is 22.9 Å². The lowest BCUT2D eigenvalue weighted by Gasteiger charge is -2.62. The van der Waals surface area contributed by atoms with E-state index in [-0.39, 0.29) is 40.3 Å². The van der Waals surface area contributed by atoms with E-state index >= 15 is 0 Å². The smallest absolute Gasteiger partial charge is 0.406 e. The van der Waals surface area contributed by atoms with Crippen LogP contribution >= 0.6 is 0 Å². The van der Waals surface area contributed by atoms with Gasteiger partial charge < -0.3 is 14.6 Å². The minimum atomic E-state index is -4.79. The predicted octanol–water partition coefficient (Wildman–Crippen LogP) is 5.94. The summed E-state index contributed by atoms with van der Waals surface area (Å²) in [5.74, 6) is 1.76. The molecule has 1 aromatic heterocycles. The summed E-state index contributed by atoms with van der Waals surface area (Å²) >= 11 is 0. The number of carbonyl (C=O) groups excluding carboxylic acids is 1. The fourth-order valence-electron chi connectivity index (χ4n) is 9.84. The van der Waals surface area contributed by atoms with Crippen molar-refractivity contribution in [2.75, 3.05) is 13.7 Å². The summed E-state index contributed by atoms with van der Waals surface area (Å²) in [5, 5.41) is 19.0. The number of alkyl halides is 3. The van der Waals surface area contributed by atoms with Crippen molar-refractivity contribution in [2.24, 2.45) is 40.4 Å². The molecule has 4 aliphatic rings. The highest BCUT2D eigenvalue weighted by molar-refractivity contribution is 5.84. The van der Waals surface area contributed by atoms with Gasteiger partial charge >= 0.3 is 6.36 Å². The van der Waals surface area contributed by atoms with Gasteiger partial charge in [0.1, 0.15) is 17.8 Å². The molecular formula is C30H40F3N3O4. The van der Waals surface area contributed by atoms with Gasteiger partial charge in [0.15, 0.2) is 5.78 Å². The standard InChI is InChI=1S/C30H40F3N3O4/c1-27(38)12-13-29(17-39-3)18(15-27)4-6-20-21-7-8-23(28(21,2)11-10-22(20)29)26(37)16-36-25-9-5-19(40-30(31,32)33)14-24(25)34-35-36/h5,9,14,18,20-23,38H,4,6-8,10-13,15-17H2,1-3H3. The number of methoxy groups -OCH3 is 1. The summed E-state index contributed by atoms with van der Waals surface area (Å²) in [7, 11) is 1.80. The van der Waals surface area contributed by atoms with Crippen LogP contribution in [0.15, 0.2) is 18.2 Å². The number of nitrogens with zero attached hydrogens (tertiary/aromatic N) is 3. The topological polar surface area (TPSA) is 86.5 Å². The molecule has 2 aromatic rings. The zero-order valence-electron chi connectivity index (χ0n) is 23.5. The van der Waals surface area contributed by atoms with Gasteiger partial charge in [0.25, 0.3) is 0 Å². The van der Waals surface area contributed by atoms with Crippen LogP contribution in [-0.2, 0) is 16.1 Å². The van der Waals surface area contributed by atoms with Gasteiger partial charge in [-0.05, 0) is 111 Å². The maximum absolute atomic E-state index is 13.8. The number of aliphatic hydroxyl groups is 1. The maximum atomic E-state index is 13.8. The number of Topliss-reactive ketones (excluding diaryl/α,β-unsaturated/α-hetero) is 1. The molecular weight excluding hydrogens is 523 g/mol. The van der Waals surface area contributed by atoms with Crippen LogP contribution in [0.5, 0.6) is 5.75 Å². The number of rotatable bonds is 6. The molecule has 1 aromatic carbocycles. The van der Waals surface area contributed by atoms with E-state index in [1.807, 2.05) is 6.92 Å². The van der Waals surface area contributed by atoms with Gasteiger partial charge in [-0.2, -0.15) is 0 Å². The molecule has 6 rings (SSSR count). The average Bonchev–Trinajstić information content (AvgIpc) is 3.43. The highest BCUT2D eigenvalue weighted by Crippen LogP contribution is 2.68. The molecule has 4 fully saturated rings. The first-order valence-corrected chi connectivity index (χ1v) is 14.7. The highest BCUT2D eigenvalue weighted by atomic mass is 19.4. The summed E-state index contributed by atoms with van der Waals surface area (Å²) in [5.41, 5.74) is 0.208. The third-order valence-electron chi connectivity index (χ3n) is 11.5. The second-order valence-corrected chi connectivity index (χ2v) is 13.6. The Morgan fingerprint density at radius 1 is 1.10 bits per heavy atom. The number of ether oxygens (including phenoxy) is 2. The number of aromatic nitrogens is 3. The molecule has 220 valence electrons. The normalized spacial score (nSPS) is 39.4. The molecule has 1 N–H and O–H groups in total. The molecule has 7 nitrogen and oxygen atoms in total. The summed E-state index contributed by atoms with van der Waals surface area (Å²) < 4.78 is 49.2. The monoisotopic (exact) mass is 563 g/mol. The zero-order chi connectivity index (χ0) is 28.5. The molecule has 0 spiro atoms. The first-order chi connectivity index (χ1) is 18.9. The number of halogens is 3. The van der Waals surface area contributed by atoms with Crippen molar-refractivity contribution < 1.29 is 32.5 Å². The number of hydrogen-bond acceptors (Lipinski definition) is 6. The van der Waals surface area contributed by atoms with Crippen molar-refractivity contribution in [1.29, 1.82) is 0 Å². The predicted molar refractivity (Wildman–Crippen MR) is 141 cm³/mol. The number of benzene rings is 1. The van der Waals surface area contributed by atoms with Crippen molar-refractivity contribution in [1.82, 2.24) is 15.0 Å². The Labute approximate surface area is 232 Å². The second-order valence-electron chi connectivity index (χ2n) is 13.6. The lowest BCUT2D eigenvalue weighted by molar-refractivity contribution is -0.274. The average molecular weight is 564 g/mol. The molecule has 8 atom stereocenters. The number of fused-ring (bicyclic) bond motifs is 6. The van der Waals surface area contributed by atoms with E-state index in [4.69, 9.17) is 4.74 Å². The molecule has 0 saturated heterocycles. The van der Waals surface area contributed by atoms with Crippen LogP contribution in [-0.4, -0.2) is 51.6 Å². The third-order valence-corrected chi connectivity index (χ3v) is 11.5. The SMILES string of the molecule is COCC12CCC(C)(O)CC1CCC1C3CCC(C(=O)Cn4nnc5cc(OC(F)(F)F)ccc54)C3(C)CCC12. The molecule has 1 heterocycles. The Morgan fingerprint density at radius 2 is 1.90 bits per heavy atom. The van der Waals surface area contributed by atoms with Gasteiger partial charge in [-0.15, -0.1) is 18.3 Å². The van der Waals surface area contributed by atoms with Crippen LogP contribution in [0.2, 0.25) is 0 Å². The fraction of sp³-hybridized carbons (Fsp3) is 0.767. The Hall–Kier alpha value is -2.20. The van der Waals surface area contributed by atoms with Crippen molar-refractivity contribution >= 4 is 16.8 Å². The van der Waals surface area contributed by atoms with Crippen LogP contribution in [0.25, 0.3) is 11.0 Å². The lowest BCUT2D eigenvalue weighted by Crippen LogP contribution is -2.58. The summed E-state index contributed by atoms with van der Waals surface area (Å²) in [4.78, 5) is 13.8. The summed E-state index contributed by atoms with van der Waals surface area (Å²) in [6.45, 7) is 5.09. The number of carbonyl (C=O) groups is 1. The summed E-state index contributed by atoms with van der Waals surface area (Å²) in [6.07, 6.45) is 4.10. The van der Waals surface area contributed by atoms with Gasteiger partial charge in [0, 0.05) is 19.1 Å².